The van der Waals surface area contributed by atoms with Gasteiger partial charge in [0.2, 0.25) is 11.8 Å². The standard InChI is InChI=1S/C23H22N6O2.C22H23N5O2.C2H6/c30-19-7-10-27(11-8-19)17-21-25-22(28-12-14-31-15-13-28)16-23(26-21)29-20(6-9-24-29)18-4-2-1-3-5-18;1-2-6-18(7-3-1)27-10-8-19-20(27)24-22(26-11-13-28-14-12-26)25-21(19)29-16-17-5-4-9-23-15-17;1-2/h1-11,16H,12-15,17H2;1-7,9,15H,8,10-14,16H2;1-2H3. The third kappa shape index (κ3) is 10.1. The number of morpholine rings is 2. The van der Waals surface area contributed by atoms with Crippen LogP contribution in [-0.4, -0.2) is 98.4 Å². The van der Waals surface area contributed by atoms with E-state index in [0.717, 1.165) is 78.9 Å². The molecule has 0 aliphatic carbocycles. The number of anilines is 4. The lowest BCUT2D eigenvalue weighted by atomic mass is 10.1. The van der Waals surface area contributed by atoms with Gasteiger partial charge >= 0.3 is 0 Å². The summed E-state index contributed by atoms with van der Waals surface area (Å²) in [7, 11) is 0. The van der Waals surface area contributed by atoms with Crippen LogP contribution in [0.1, 0.15) is 30.8 Å². The highest BCUT2D eigenvalue weighted by Gasteiger charge is 2.29. The molecule has 0 unspecified atom stereocenters. The van der Waals surface area contributed by atoms with Gasteiger partial charge in [0, 0.05) is 92.5 Å². The molecular weight excluding hydrogens is 783 g/mol. The van der Waals surface area contributed by atoms with Crippen LogP contribution in [0.15, 0.2) is 133 Å². The molecule has 318 valence electrons. The Hall–Kier alpha value is -6.97. The minimum atomic E-state index is -0.0241. The van der Waals surface area contributed by atoms with Crippen molar-refractivity contribution >= 4 is 23.3 Å². The second kappa shape index (κ2) is 20.5. The number of benzene rings is 2. The van der Waals surface area contributed by atoms with Gasteiger partial charge in [-0.05, 0) is 30.7 Å². The summed E-state index contributed by atoms with van der Waals surface area (Å²) in [5, 5.41) is 4.54. The quantitative estimate of drug-likeness (QED) is 0.151. The molecule has 3 aliphatic heterocycles. The molecule has 0 N–H and O–H groups in total. The van der Waals surface area contributed by atoms with E-state index in [9.17, 15) is 4.79 Å². The van der Waals surface area contributed by atoms with Crippen molar-refractivity contribution in [2.75, 3.05) is 73.9 Å². The molecule has 10 rings (SSSR count). The van der Waals surface area contributed by atoms with E-state index in [1.165, 1.54) is 12.1 Å². The molecule has 8 heterocycles. The number of aromatic nitrogens is 8. The fraction of sp³-hybridized carbons (Fsp3) is 0.298. The van der Waals surface area contributed by atoms with Gasteiger partial charge in [-0.2, -0.15) is 15.1 Å². The van der Waals surface area contributed by atoms with Crippen molar-refractivity contribution < 1.29 is 14.2 Å². The van der Waals surface area contributed by atoms with Gasteiger partial charge in [-0.1, -0.05) is 68.4 Å². The minimum absolute atomic E-state index is 0.0241. The maximum atomic E-state index is 11.4. The molecule has 2 aromatic carbocycles. The zero-order chi connectivity index (χ0) is 42.5. The van der Waals surface area contributed by atoms with Gasteiger partial charge in [0.25, 0.3) is 0 Å². The average Bonchev–Trinajstić information content (AvgIpc) is 4.03. The Labute approximate surface area is 361 Å². The molecule has 15 heteroatoms. The molecule has 0 atom stereocenters. The molecule has 2 fully saturated rings. The average molecular weight is 834 g/mol. The normalized spacial score (nSPS) is 14.6. The molecule has 5 aromatic heterocycles. The Morgan fingerprint density at radius 2 is 1.39 bits per heavy atom. The largest absolute Gasteiger partial charge is 0.472 e. The Kier molecular flexibility index (Phi) is 13.8. The van der Waals surface area contributed by atoms with Crippen LogP contribution in [-0.2, 0) is 29.0 Å². The first-order valence-electron chi connectivity index (χ1n) is 21.2. The fourth-order valence-corrected chi connectivity index (χ4v) is 7.36. The fourth-order valence-electron chi connectivity index (χ4n) is 7.36. The molecule has 0 saturated carbocycles. The molecular formula is C47H51N11O4. The van der Waals surface area contributed by atoms with Crippen LogP contribution in [0.2, 0.25) is 0 Å². The minimum Gasteiger partial charge on any atom is -0.472 e. The van der Waals surface area contributed by atoms with Crippen LogP contribution in [0, 0.1) is 0 Å². The van der Waals surface area contributed by atoms with Crippen LogP contribution in [0.4, 0.5) is 23.3 Å². The summed E-state index contributed by atoms with van der Waals surface area (Å²) in [5.74, 6) is 4.51. The van der Waals surface area contributed by atoms with Crippen LogP contribution >= 0.6 is 0 Å². The van der Waals surface area contributed by atoms with Crippen LogP contribution < -0.4 is 24.9 Å². The first kappa shape index (κ1) is 41.8. The summed E-state index contributed by atoms with van der Waals surface area (Å²) < 4.78 is 20.9. The van der Waals surface area contributed by atoms with Gasteiger partial charge in [-0.15, -0.1) is 0 Å². The van der Waals surface area contributed by atoms with Gasteiger partial charge in [-0.25, -0.2) is 14.6 Å². The summed E-state index contributed by atoms with van der Waals surface area (Å²) in [6, 6.07) is 31.4. The van der Waals surface area contributed by atoms with E-state index in [1.54, 1.807) is 24.8 Å². The van der Waals surface area contributed by atoms with Crippen molar-refractivity contribution in [1.29, 1.82) is 0 Å². The number of pyridine rings is 2. The van der Waals surface area contributed by atoms with E-state index in [1.807, 2.05) is 77.8 Å². The van der Waals surface area contributed by atoms with Crippen LogP contribution in [0.5, 0.6) is 5.88 Å². The summed E-state index contributed by atoms with van der Waals surface area (Å²) in [6.07, 6.45) is 9.71. The lowest BCUT2D eigenvalue weighted by molar-refractivity contribution is 0.122. The third-order valence-corrected chi connectivity index (χ3v) is 10.4. The third-order valence-electron chi connectivity index (χ3n) is 10.4. The zero-order valence-electron chi connectivity index (χ0n) is 35.2. The molecule has 2 saturated heterocycles. The second-order valence-electron chi connectivity index (χ2n) is 14.4. The Balaban J connectivity index is 0.000000165. The number of rotatable bonds is 10. The van der Waals surface area contributed by atoms with Crippen molar-refractivity contribution in [2.24, 2.45) is 0 Å². The number of nitrogens with zero attached hydrogens (tertiary/aromatic N) is 11. The van der Waals surface area contributed by atoms with Gasteiger partial charge in [0.05, 0.1) is 50.4 Å². The highest BCUT2D eigenvalue weighted by molar-refractivity contribution is 5.69. The predicted octanol–water partition coefficient (Wildman–Crippen LogP) is 6.38. The van der Waals surface area contributed by atoms with Gasteiger partial charge in [-0.3, -0.25) is 9.78 Å². The van der Waals surface area contributed by atoms with Crippen LogP contribution in [0.25, 0.3) is 17.1 Å². The van der Waals surface area contributed by atoms with Crippen molar-refractivity contribution in [3.63, 3.8) is 0 Å². The molecule has 62 heavy (non-hydrogen) atoms. The summed E-state index contributed by atoms with van der Waals surface area (Å²) in [4.78, 5) is 41.6. The number of ether oxygens (including phenoxy) is 3. The second-order valence-corrected chi connectivity index (χ2v) is 14.4. The predicted molar refractivity (Wildman–Crippen MR) is 240 cm³/mol. The smallest absolute Gasteiger partial charge is 0.230 e. The van der Waals surface area contributed by atoms with Gasteiger partial charge in [0.15, 0.2) is 17.1 Å². The maximum absolute atomic E-state index is 11.4. The zero-order valence-corrected chi connectivity index (χ0v) is 35.2. The highest BCUT2D eigenvalue weighted by atomic mass is 16.5. The van der Waals surface area contributed by atoms with E-state index in [2.05, 4.69) is 61.2 Å². The topological polar surface area (TPSA) is 142 Å². The molecule has 7 aromatic rings. The highest BCUT2D eigenvalue weighted by Crippen LogP contribution is 2.39. The molecule has 3 aliphatic rings. The van der Waals surface area contributed by atoms with E-state index < -0.39 is 0 Å². The van der Waals surface area contributed by atoms with Gasteiger partial charge < -0.3 is 33.5 Å². The number of hydrogen-bond donors (Lipinski definition) is 0. The lowest BCUT2D eigenvalue weighted by Crippen LogP contribution is -2.37. The van der Waals surface area contributed by atoms with Crippen molar-refractivity contribution in [2.45, 2.75) is 33.4 Å². The first-order chi connectivity index (χ1) is 30.6. The van der Waals surface area contributed by atoms with Crippen molar-refractivity contribution in [3.8, 4) is 23.0 Å². The maximum Gasteiger partial charge on any atom is 0.230 e. The lowest BCUT2D eigenvalue weighted by Gasteiger charge is -2.28. The SMILES string of the molecule is CC.O=c1ccn(Cc2nc(N3CCOCC3)cc(-n3nccc3-c3ccccc3)n2)cc1.c1ccc(N2CCc3c(OCc4cccnc4)nc(N4CCOCC4)nc32)cc1. The monoisotopic (exact) mass is 833 g/mol. The molecule has 0 radical (unpaired) electrons. The van der Waals surface area contributed by atoms with Crippen LogP contribution in [0.3, 0.4) is 0 Å². The number of para-hydroxylation sites is 1. The summed E-state index contributed by atoms with van der Waals surface area (Å²) >= 11 is 0. The summed E-state index contributed by atoms with van der Waals surface area (Å²) in [6.45, 7) is 11.6. The molecule has 0 spiro atoms. The van der Waals surface area contributed by atoms with E-state index >= 15 is 0 Å². The Morgan fingerprint density at radius 1 is 0.694 bits per heavy atom. The Bertz CT molecular complexity index is 2520. The van der Waals surface area contributed by atoms with Gasteiger partial charge in [0.1, 0.15) is 18.2 Å². The number of fused-ring (bicyclic) bond motifs is 1. The molecule has 15 nitrogen and oxygen atoms in total. The van der Waals surface area contributed by atoms with Crippen molar-refractivity contribution in [1.82, 2.24) is 39.3 Å². The van der Waals surface area contributed by atoms with E-state index in [-0.39, 0.29) is 5.43 Å². The number of hydrogen-bond acceptors (Lipinski definition) is 13. The first-order valence-corrected chi connectivity index (χ1v) is 21.2. The molecule has 0 bridgehead atoms. The Morgan fingerprint density at radius 3 is 2.10 bits per heavy atom. The van der Waals surface area contributed by atoms with E-state index in [0.29, 0.717) is 63.0 Å². The van der Waals surface area contributed by atoms with E-state index in [4.69, 9.17) is 34.1 Å². The summed E-state index contributed by atoms with van der Waals surface area (Å²) in [5.41, 5.74) is 5.22. The molecule has 0 amide bonds. The van der Waals surface area contributed by atoms with Crippen molar-refractivity contribution in [3.05, 3.63) is 155 Å².